The van der Waals surface area contributed by atoms with E-state index in [0.717, 1.165) is 29.1 Å². The molecule has 196 valence electrons. The molecule has 4 N–H and O–H groups in total. The van der Waals surface area contributed by atoms with Crippen molar-refractivity contribution in [2.45, 2.75) is 11.4 Å². The number of hydrogen-bond donors (Lipinski definition) is 3. The molecule has 3 rings (SSSR count). The number of nitrogens with one attached hydrogen (secondary N) is 1. The first-order valence-electron chi connectivity index (χ1n) is 11.0. The van der Waals surface area contributed by atoms with Crippen LogP contribution in [0.4, 0.5) is 5.13 Å². The molecule has 2 aliphatic rings. The Labute approximate surface area is 217 Å². The number of aromatic nitrogens is 2. The number of carbonyl (C=O) groups is 3. The smallest absolute Gasteiger partial charge is 0.352 e. The van der Waals surface area contributed by atoms with E-state index in [2.05, 4.69) is 38.8 Å². The molecule has 0 unspecified atom stereocenters. The molecule has 2 aliphatic heterocycles. The van der Waals surface area contributed by atoms with Gasteiger partial charge in [-0.3, -0.25) is 14.5 Å². The summed E-state index contributed by atoms with van der Waals surface area (Å²) in [5.74, 6) is -2.08. The van der Waals surface area contributed by atoms with Gasteiger partial charge in [-0.1, -0.05) is 11.2 Å². The molecule has 0 spiro atoms. The molecule has 3 heterocycles. The Hall–Kier alpha value is -3.01. The van der Waals surface area contributed by atoms with Crippen LogP contribution in [0.3, 0.4) is 0 Å². The molecular weight excluding hydrogens is 508 g/mol. The largest absolute Gasteiger partial charge is 0.477 e. The topological polar surface area (TPSA) is 163 Å². The van der Waals surface area contributed by atoms with Crippen molar-refractivity contribution in [3.63, 3.8) is 0 Å². The minimum absolute atomic E-state index is 0.0257. The summed E-state index contributed by atoms with van der Waals surface area (Å²) < 4.78 is 4.69. The molecule has 1 aromatic rings. The maximum absolute atomic E-state index is 12.9. The molecule has 2 atom stereocenters. The number of likely N-dealkylation sites (N-methyl/N-ethyl adjacent to an activating group) is 2. The third kappa shape index (κ3) is 6.21. The van der Waals surface area contributed by atoms with Gasteiger partial charge in [0.25, 0.3) is 11.8 Å². The van der Waals surface area contributed by atoms with Gasteiger partial charge in [-0.25, -0.2) is 4.79 Å². The van der Waals surface area contributed by atoms with Gasteiger partial charge >= 0.3 is 5.97 Å². The summed E-state index contributed by atoms with van der Waals surface area (Å²) in [6.45, 7) is 2.57. The quantitative estimate of drug-likeness (QED) is 0.143. The number of nitrogens with two attached hydrogens (primary N) is 1. The Morgan fingerprint density at radius 1 is 1.42 bits per heavy atom. The summed E-state index contributed by atoms with van der Waals surface area (Å²) in [5.41, 5.74) is 5.84. The van der Waals surface area contributed by atoms with Crippen molar-refractivity contribution in [3.8, 4) is 0 Å². The monoisotopic (exact) mass is 539 g/mol. The molecule has 0 radical (unpaired) electrons. The number of carbonyl (C=O) groups excluding carboxylic acids is 2. The van der Waals surface area contributed by atoms with E-state index in [1.165, 1.54) is 23.8 Å². The molecular formula is C21H31N8O5S2+. The SMILES string of the molecule is CO/N=C(\C(=O)N[C@@H]1C(=O)N2C(C(=O)O)=C(/C=C/C[N+](C)(C)CCN(C)C)CS[C@@H]12)c1nsc(N)n1. The van der Waals surface area contributed by atoms with Crippen LogP contribution in [-0.4, -0.2) is 124 Å². The third-order valence-corrected chi connectivity index (χ3v) is 7.45. The number of carboxylic acid groups (broad SMARTS) is 1. The zero-order chi connectivity index (χ0) is 26.6. The van der Waals surface area contributed by atoms with Gasteiger partial charge in [0.15, 0.2) is 5.13 Å². The fraction of sp³-hybridized carbons (Fsp3) is 0.524. The number of oxime groups is 1. The van der Waals surface area contributed by atoms with Crippen molar-refractivity contribution in [3.05, 3.63) is 29.2 Å². The van der Waals surface area contributed by atoms with Gasteiger partial charge in [0.2, 0.25) is 11.5 Å². The maximum atomic E-state index is 12.9. The van der Waals surface area contributed by atoms with E-state index in [1.807, 2.05) is 20.2 Å². The van der Waals surface area contributed by atoms with Crippen LogP contribution in [0.15, 0.2) is 28.6 Å². The van der Waals surface area contributed by atoms with E-state index < -0.39 is 29.2 Å². The van der Waals surface area contributed by atoms with Crippen molar-refractivity contribution in [1.29, 1.82) is 0 Å². The van der Waals surface area contributed by atoms with E-state index in [0.29, 0.717) is 17.9 Å². The number of β-lactam (4-membered cyclic amide) rings is 1. The lowest BCUT2D eigenvalue weighted by Crippen LogP contribution is -2.71. The van der Waals surface area contributed by atoms with E-state index in [1.54, 1.807) is 6.08 Å². The highest BCUT2D eigenvalue weighted by molar-refractivity contribution is 8.00. The highest BCUT2D eigenvalue weighted by Gasteiger charge is 2.54. The average Bonchev–Trinajstić information content (AvgIpc) is 3.24. The summed E-state index contributed by atoms with van der Waals surface area (Å²) in [6, 6.07) is -0.929. The summed E-state index contributed by atoms with van der Waals surface area (Å²) in [6.07, 6.45) is 3.72. The fourth-order valence-corrected chi connectivity index (χ4v) is 5.38. The number of thioether (sulfide) groups is 1. The number of nitrogens with zero attached hydrogens (tertiary/aromatic N) is 6. The van der Waals surface area contributed by atoms with Gasteiger partial charge in [-0.05, 0) is 25.7 Å². The van der Waals surface area contributed by atoms with E-state index in [-0.39, 0.29) is 22.4 Å². The van der Waals surface area contributed by atoms with Crippen LogP contribution >= 0.6 is 23.3 Å². The lowest BCUT2D eigenvalue weighted by atomic mass is 10.0. The summed E-state index contributed by atoms with van der Waals surface area (Å²) in [4.78, 5) is 49.8. The fourth-order valence-electron chi connectivity index (χ4n) is 3.63. The second-order valence-corrected chi connectivity index (χ2v) is 11.1. The number of nitrogen functional groups attached to an aromatic ring is 1. The number of rotatable bonds is 11. The Bertz CT molecular complexity index is 1110. The maximum Gasteiger partial charge on any atom is 0.352 e. The number of allylic oxidation sites excluding steroid dienone is 1. The molecule has 0 saturated carbocycles. The first-order valence-corrected chi connectivity index (χ1v) is 12.8. The number of quaternary nitrogens is 1. The van der Waals surface area contributed by atoms with Crippen LogP contribution in [0, 0.1) is 0 Å². The Morgan fingerprint density at radius 2 is 2.14 bits per heavy atom. The predicted octanol–water partition coefficient (Wildman–Crippen LogP) is -0.596. The number of fused-ring (bicyclic) bond motifs is 1. The van der Waals surface area contributed by atoms with Gasteiger partial charge in [-0.2, -0.15) is 9.36 Å². The number of amides is 2. The third-order valence-electron chi connectivity index (χ3n) is 5.61. The molecule has 13 nitrogen and oxygen atoms in total. The minimum atomic E-state index is -1.19. The molecule has 1 fully saturated rings. The van der Waals surface area contributed by atoms with Crippen LogP contribution in [0.25, 0.3) is 0 Å². The van der Waals surface area contributed by atoms with Crippen LogP contribution in [0.5, 0.6) is 0 Å². The van der Waals surface area contributed by atoms with E-state index in [9.17, 15) is 19.5 Å². The molecule has 0 aliphatic carbocycles. The lowest BCUT2D eigenvalue weighted by molar-refractivity contribution is -0.883. The van der Waals surface area contributed by atoms with Crippen molar-refractivity contribution in [2.24, 2.45) is 5.16 Å². The Kier molecular flexibility index (Phi) is 8.71. The Morgan fingerprint density at radius 3 is 2.72 bits per heavy atom. The van der Waals surface area contributed by atoms with Crippen molar-refractivity contribution in [2.75, 3.05) is 66.4 Å². The molecule has 36 heavy (non-hydrogen) atoms. The summed E-state index contributed by atoms with van der Waals surface area (Å²) >= 11 is 2.27. The van der Waals surface area contributed by atoms with Gasteiger partial charge < -0.3 is 30.4 Å². The van der Waals surface area contributed by atoms with Crippen LogP contribution < -0.4 is 11.1 Å². The van der Waals surface area contributed by atoms with Crippen LogP contribution in [0.1, 0.15) is 5.82 Å². The minimum Gasteiger partial charge on any atom is -0.477 e. The van der Waals surface area contributed by atoms with Crippen LogP contribution in [-0.2, 0) is 19.2 Å². The second-order valence-electron chi connectivity index (χ2n) is 9.17. The zero-order valence-corrected chi connectivity index (χ0v) is 22.4. The van der Waals surface area contributed by atoms with Gasteiger partial charge in [0, 0.05) is 23.8 Å². The zero-order valence-electron chi connectivity index (χ0n) is 20.8. The van der Waals surface area contributed by atoms with Crippen molar-refractivity contribution in [1.82, 2.24) is 24.5 Å². The van der Waals surface area contributed by atoms with E-state index in [4.69, 9.17) is 10.6 Å². The second kappa shape index (κ2) is 11.4. The van der Waals surface area contributed by atoms with E-state index >= 15 is 0 Å². The van der Waals surface area contributed by atoms with Gasteiger partial charge in [-0.15, -0.1) is 11.8 Å². The molecule has 0 bridgehead atoms. The predicted molar refractivity (Wildman–Crippen MR) is 137 cm³/mol. The highest BCUT2D eigenvalue weighted by atomic mass is 32.2. The number of carboxylic acids is 1. The lowest BCUT2D eigenvalue weighted by Gasteiger charge is -2.49. The number of hydrogen-bond acceptors (Lipinski definition) is 11. The van der Waals surface area contributed by atoms with Crippen molar-refractivity contribution >= 4 is 51.9 Å². The average molecular weight is 540 g/mol. The molecule has 1 aromatic heterocycles. The molecule has 1 saturated heterocycles. The summed E-state index contributed by atoms with van der Waals surface area (Å²) in [7, 11) is 9.51. The first kappa shape index (κ1) is 27.6. The van der Waals surface area contributed by atoms with Crippen molar-refractivity contribution < 1.29 is 28.8 Å². The highest BCUT2D eigenvalue weighted by Crippen LogP contribution is 2.40. The molecule has 15 heteroatoms. The first-order chi connectivity index (χ1) is 16.9. The van der Waals surface area contributed by atoms with Crippen LogP contribution in [0.2, 0.25) is 0 Å². The standard InChI is InChI=1S/C21H30N8O5S2/c1-27(2)8-10-29(3,4)9-6-7-12-11-35-19-14(18(31)28(19)15(12)20(32)33)23-17(30)13(25-34-5)16-24-21(22)36-26-16/h6-7,14,19H,8-11H2,1-5H3,(H3-,22,23,24,26,30,32,33)/p+1/b7-6+,25-13-/t14-,19+/m1/s1. The molecule has 0 aromatic carbocycles. The number of anilines is 1. The summed E-state index contributed by atoms with van der Waals surface area (Å²) in [5, 5.41) is 15.7. The Balaban J connectivity index is 1.72. The van der Waals surface area contributed by atoms with Gasteiger partial charge in [0.05, 0.1) is 27.2 Å². The molecule has 2 amide bonds. The normalized spacial score (nSPS) is 20.6. The van der Waals surface area contributed by atoms with Gasteiger partial charge in [0.1, 0.15) is 24.2 Å². The number of aliphatic carboxylic acids is 1.